The SMILES string of the molecule is Cc1cc2c3c(cccc3c1)C(=O)C2=O. The number of aryl methyl sites for hydroxylation is 1. The highest BCUT2D eigenvalue weighted by atomic mass is 16.2. The van der Waals surface area contributed by atoms with Gasteiger partial charge in [-0.1, -0.05) is 24.3 Å². The van der Waals surface area contributed by atoms with Crippen molar-refractivity contribution in [2.24, 2.45) is 0 Å². The zero-order valence-corrected chi connectivity index (χ0v) is 8.20. The summed E-state index contributed by atoms with van der Waals surface area (Å²) in [4.78, 5) is 23.3. The normalized spacial score (nSPS) is 13.9. The van der Waals surface area contributed by atoms with E-state index in [4.69, 9.17) is 0 Å². The molecular weight excluding hydrogens is 188 g/mol. The third-order valence-corrected chi connectivity index (χ3v) is 2.82. The molecule has 0 aliphatic heterocycles. The lowest BCUT2D eigenvalue weighted by Crippen LogP contribution is -2.06. The Balaban J connectivity index is 2.59. The Morgan fingerprint density at radius 1 is 0.933 bits per heavy atom. The second-order valence-corrected chi connectivity index (χ2v) is 3.87. The van der Waals surface area contributed by atoms with Crippen molar-refractivity contribution >= 4 is 22.3 Å². The van der Waals surface area contributed by atoms with Crippen LogP contribution in [0.3, 0.4) is 0 Å². The van der Waals surface area contributed by atoms with Crippen LogP contribution in [-0.4, -0.2) is 11.6 Å². The molecule has 0 unspecified atom stereocenters. The van der Waals surface area contributed by atoms with Gasteiger partial charge in [-0.25, -0.2) is 0 Å². The minimum absolute atomic E-state index is 0.370. The number of rotatable bonds is 0. The molecule has 0 bridgehead atoms. The van der Waals surface area contributed by atoms with E-state index in [1.54, 1.807) is 12.1 Å². The molecule has 15 heavy (non-hydrogen) atoms. The Kier molecular flexibility index (Phi) is 1.41. The Morgan fingerprint density at radius 3 is 2.47 bits per heavy atom. The van der Waals surface area contributed by atoms with Crippen molar-refractivity contribution in [3.05, 3.63) is 47.0 Å². The fourth-order valence-corrected chi connectivity index (χ4v) is 2.19. The summed E-state index contributed by atoms with van der Waals surface area (Å²) in [6.45, 7) is 1.93. The highest BCUT2D eigenvalue weighted by molar-refractivity contribution is 6.57. The van der Waals surface area contributed by atoms with Gasteiger partial charge >= 0.3 is 0 Å². The van der Waals surface area contributed by atoms with E-state index in [1.165, 1.54) is 0 Å². The van der Waals surface area contributed by atoms with Crippen molar-refractivity contribution < 1.29 is 9.59 Å². The van der Waals surface area contributed by atoms with Gasteiger partial charge in [-0.15, -0.1) is 0 Å². The van der Waals surface area contributed by atoms with Gasteiger partial charge in [0.1, 0.15) is 0 Å². The first-order valence-corrected chi connectivity index (χ1v) is 4.81. The molecule has 0 N–H and O–H groups in total. The van der Waals surface area contributed by atoms with Crippen LogP contribution in [-0.2, 0) is 0 Å². The number of Topliss-reactive ketones (excluding diaryl/α,β-unsaturated/α-hetero) is 2. The maximum atomic E-state index is 11.7. The zero-order valence-electron chi connectivity index (χ0n) is 8.20. The molecule has 0 spiro atoms. The second-order valence-electron chi connectivity index (χ2n) is 3.87. The summed E-state index contributed by atoms with van der Waals surface area (Å²) >= 11 is 0. The van der Waals surface area contributed by atoms with Crippen molar-refractivity contribution in [3.63, 3.8) is 0 Å². The first-order valence-electron chi connectivity index (χ1n) is 4.81. The van der Waals surface area contributed by atoms with E-state index in [0.717, 1.165) is 16.3 Å². The highest BCUT2D eigenvalue weighted by Gasteiger charge is 2.30. The minimum atomic E-state index is -0.374. The van der Waals surface area contributed by atoms with Crippen LogP contribution in [0.4, 0.5) is 0 Å². The summed E-state index contributed by atoms with van der Waals surface area (Å²) in [5.41, 5.74) is 2.12. The standard InChI is InChI=1S/C13H8O2/c1-7-5-8-3-2-4-9-11(8)10(6-7)13(15)12(9)14/h2-6H,1H3. The van der Waals surface area contributed by atoms with Gasteiger partial charge in [-0.2, -0.15) is 0 Å². The third-order valence-electron chi connectivity index (χ3n) is 2.82. The van der Waals surface area contributed by atoms with Gasteiger partial charge in [0, 0.05) is 16.5 Å². The molecule has 0 aromatic heterocycles. The van der Waals surface area contributed by atoms with Crippen molar-refractivity contribution in [2.75, 3.05) is 0 Å². The Bertz CT molecular complexity index is 624. The molecule has 0 radical (unpaired) electrons. The quantitative estimate of drug-likeness (QED) is 0.607. The predicted octanol–water partition coefficient (Wildman–Crippen LogP) is 2.53. The highest BCUT2D eigenvalue weighted by Crippen LogP contribution is 2.31. The van der Waals surface area contributed by atoms with E-state index in [-0.39, 0.29) is 11.6 Å². The Hall–Kier alpha value is -1.96. The second kappa shape index (κ2) is 2.54. The first kappa shape index (κ1) is 8.36. The molecule has 72 valence electrons. The number of benzene rings is 2. The monoisotopic (exact) mass is 196 g/mol. The van der Waals surface area contributed by atoms with E-state index in [9.17, 15) is 9.59 Å². The summed E-state index contributed by atoms with van der Waals surface area (Å²) in [5, 5.41) is 1.79. The van der Waals surface area contributed by atoms with Gasteiger partial charge in [0.25, 0.3) is 0 Å². The summed E-state index contributed by atoms with van der Waals surface area (Å²) in [7, 11) is 0. The van der Waals surface area contributed by atoms with Crippen molar-refractivity contribution in [1.82, 2.24) is 0 Å². The number of hydrogen-bond donors (Lipinski definition) is 0. The first-order chi connectivity index (χ1) is 7.18. The summed E-state index contributed by atoms with van der Waals surface area (Å²) < 4.78 is 0. The van der Waals surface area contributed by atoms with Gasteiger partial charge in [-0.05, 0) is 23.9 Å². The number of ketones is 2. The Labute approximate surface area is 86.5 Å². The number of carbonyl (C=O) groups is 2. The van der Waals surface area contributed by atoms with E-state index in [2.05, 4.69) is 0 Å². The largest absolute Gasteiger partial charge is 0.285 e. The van der Waals surface area contributed by atoms with Crippen LogP contribution in [0.1, 0.15) is 26.3 Å². The predicted molar refractivity (Wildman–Crippen MR) is 57.3 cm³/mol. The smallest absolute Gasteiger partial charge is 0.234 e. The maximum Gasteiger partial charge on any atom is 0.234 e. The van der Waals surface area contributed by atoms with E-state index < -0.39 is 0 Å². The maximum absolute atomic E-state index is 11.7. The molecule has 2 heteroatoms. The van der Waals surface area contributed by atoms with E-state index >= 15 is 0 Å². The molecule has 1 aliphatic carbocycles. The lowest BCUT2D eigenvalue weighted by molar-refractivity contribution is 0.0825. The summed E-state index contributed by atoms with van der Waals surface area (Å²) in [6.07, 6.45) is 0. The van der Waals surface area contributed by atoms with Crippen molar-refractivity contribution in [3.8, 4) is 0 Å². The van der Waals surface area contributed by atoms with Crippen LogP contribution in [0.25, 0.3) is 10.8 Å². The summed E-state index contributed by atoms with van der Waals surface area (Å²) in [5.74, 6) is -0.744. The van der Waals surface area contributed by atoms with E-state index in [0.29, 0.717) is 11.1 Å². The number of carbonyl (C=O) groups excluding carboxylic acids is 2. The molecule has 0 fully saturated rings. The average molecular weight is 196 g/mol. The van der Waals surface area contributed by atoms with Gasteiger partial charge in [0.05, 0.1) is 0 Å². The summed E-state index contributed by atoms with van der Waals surface area (Å²) in [6, 6.07) is 9.25. The molecule has 0 amide bonds. The lowest BCUT2D eigenvalue weighted by atomic mass is 10.0. The molecule has 0 atom stereocenters. The van der Waals surface area contributed by atoms with Crippen molar-refractivity contribution in [2.45, 2.75) is 6.92 Å². The van der Waals surface area contributed by atoms with Crippen LogP contribution in [0.2, 0.25) is 0 Å². The van der Waals surface area contributed by atoms with Gasteiger partial charge < -0.3 is 0 Å². The molecule has 2 nitrogen and oxygen atoms in total. The van der Waals surface area contributed by atoms with Crippen LogP contribution in [0, 0.1) is 6.92 Å². The van der Waals surface area contributed by atoms with Gasteiger partial charge in [0.2, 0.25) is 11.6 Å². The molecule has 0 saturated carbocycles. The van der Waals surface area contributed by atoms with E-state index in [1.807, 2.05) is 25.1 Å². The fraction of sp³-hybridized carbons (Fsp3) is 0.0769. The molecule has 0 heterocycles. The van der Waals surface area contributed by atoms with Crippen LogP contribution in [0.5, 0.6) is 0 Å². The number of hydrogen-bond acceptors (Lipinski definition) is 2. The van der Waals surface area contributed by atoms with Crippen LogP contribution < -0.4 is 0 Å². The topological polar surface area (TPSA) is 34.1 Å². The molecule has 2 aromatic carbocycles. The molecule has 0 saturated heterocycles. The van der Waals surface area contributed by atoms with Gasteiger partial charge in [0.15, 0.2) is 0 Å². The lowest BCUT2D eigenvalue weighted by Gasteiger charge is -2.00. The zero-order chi connectivity index (χ0) is 10.6. The van der Waals surface area contributed by atoms with Crippen LogP contribution >= 0.6 is 0 Å². The molecule has 1 aliphatic rings. The molecule has 3 rings (SSSR count). The van der Waals surface area contributed by atoms with Crippen LogP contribution in [0.15, 0.2) is 30.3 Å². The van der Waals surface area contributed by atoms with Gasteiger partial charge in [-0.3, -0.25) is 9.59 Å². The molecule has 2 aromatic rings. The molecular formula is C13H8O2. The third kappa shape index (κ3) is 0.934. The average Bonchev–Trinajstić information content (AvgIpc) is 2.46. The van der Waals surface area contributed by atoms with Crippen molar-refractivity contribution in [1.29, 1.82) is 0 Å². The fourth-order valence-electron chi connectivity index (χ4n) is 2.19. The minimum Gasteiger partial charge on any atom is -0.285 e. The Morgan fingerprint density at radius 2 is 1.67 bits per heavy atom.